The van der Waals surface area contributed by atoms with Crippen LogP contribution in [0.4, 0.5) is 34.1 Å². The van der Waals surface area contributed by atoms with Crippen LogP contribution < -0.4 is 9.80 Å². The van der Waals surface area contributed by atoms with Gasteiger partial charge in [0.2, 0.25) is 0 Å². The van der Waals surface area contributed by atoms with Gasteiger partial charge in [0.1, 0.15) is 0 Å². The summed E-state index contributed by atoms with van der Waals surface area (Å²) in [6.45, 7) is 9.13. The second-order valence-corrected chi connectivity index (χ2v) is 15.6. The van der Waals surface area contributed by atoms with E-state index in [0.29, 0.717) is 0 Å². The van der Waals surface area contributed by atoms with Crippen LogP contribution in [0, 0.1) is 13.8 Å². The molecule has 1 aliphatic carbocycles. The lowest BCUT2D eigenvalue weighted by molar-refractivity contribution is 0.661. The molecule has 0 radical (unpaired) electrons. The highest BCUT2D eigenvalue weighted by atomic mass is 15.1. The molecule has 264 valence electrons. The molecule has 9 aromatic rings. The first-order chi connectivity index (χ1) is 26.8. The lowest BCUT2D eigenvalue weighted by Crippen LogP contribution is -2.18. The fourth-order valence-electron chi connectivity index (χ4n) is 8.89. The summed E-state index contributed by atoms with van der Waals surface area (Å²) in [5, 5.41) is 7.50. The molecule has 0 bridgehead atoms. The number of nitrogens with zero attached hydrogens (tertiary/aromatic N) is 2. The van der Waals surface area contributed by atoms with Gasteiger partial charge in [-0.25, -0.2) is 0 Å². The molecule has 0 aliphatic heterocycles. The third-order valence-electron chi connectivity index (χ3n) is 11.6. The van der Waals surface area contributed by atoms with Crippen LogP contribution in [0.5, 0.6) is 0 Å². The van der Waals surface area contributed by atoms with Crippen molar-refractivity contribution in [1.29, 1.82) is 0 Å². The normalized spacial score (nSPS) is 12.9. The fourth-order valence-corrected chi connectivity index (χ4v) is 8.89. The molecule has 9 aromatic carbocycles. The number of hydrogen-bond donors (Lipinski definition) is 0. The van der Waals surface area contributed by atoms with Crippen LogP contribution in [-0.4, -0.2) is 0 Å². The number of benzene rings is 9. The van der Waals surface area contributed by atoms with Crippen LogP contribution in [0.15, 0.2) is 182 Å². The molecule has 0 amide bonds. The average Bonchev–Trinajstić information content (AvgIpc) is 3.44. The average molecular weight is 707 g/mol. The van der Waals surface area contributed by atoms with E-state index in [4.69, 9.17) is 0 Å². The van der Waals surface area contributed by atoms with E-state index in [1.165, 1.54) is 71.4 Å². The van der Waals surface area contributed by atoms with Gasteiger partial charge in [0, 0.05) is 39.2 Å². The first-order valence-electron chi connectivity index (χ1n) is 19.3. The molecule has 55 heavy (non-hydrogen) atoms. The summed E-state index contributed by atoms with van der Waals surface area (Å²) < 4.78 is 0. The second-order valence-electron chi connectivity index (χ2n) is 15.6. The Hall–Kier alpha value is -6.64. The number of para-hydroxylation sites is 2. The zero-order valence-corrected chi connectivity index (χ0v) is 31.7. The minimum absolute atomic E-state index is 0.259. The lowest BCUT2D eigenvalue weighted by Gasteiger charge is -2.30. The molecule has 0 aromatic heterocycles. The molecule has 10 rings (SSSR count). The van der Waals surface area contributed by atoms with Crippen LogP contribution in [0.1, 0.15) is 36.1 Å². The lowest BCUT2D eigenvalue weighted by atomic mass is 9.81. The van der Waals surface area contributed by atoms with Crippen molar-refractivity contribution in [3.8, 4) is 11.1 Å². The van der Waals surface area contributed by atoms with Crippen molar-refractivity contribution in [3.05, 3.63) is 204 Å². The highest BCUT2D eigenvalue weighted by Crippen LogP contribution is 2.56. The Kier molecular flexibility index (Phi) is 7.64. The number of fused-ring (bicyclic) bond motifs is 7. The molecular formula is C53H42N2. The van der Waals surface area contributed by atoms with Gasteiger partial charge in [0.25, 0.3) is 0 Å². The topological polar surface area (TPSA) is 6.48 Å². The number of aryl methyl sites for hydroxylation is 2. The van der Waals surface area contributed by atoms with Crippen LogP contribution in [0.3, 0.4) is 0 Å². The van der Waals surface area contributed by atoms with Gasteiger partial charge in [-0.15, -0.1) is 0 Å². The predicted molar refractivity (Wildman–Crippen MR) is 235 cm³/mol. The van der Waals surface area contributed by atoms with Crippen LogP contribution in [0.2, 0.25) is 0 Å². The second kappa shape index (κ2) is 12.7. The van der Waals surface area contributed by atoms with E-state index in [2.05, 4.69) is 219 Å². The predicted octanol–water partition coefficient (Wildman–Crippen LogP) is 15.0. The smallest absolute Gasteiger partial charge is 0.0543 e. The zero-order valence-electron chi connectivity index (χ0n) is 31.7. The Balaban J connectivity index is 1.17. The molecule has 1 aliphatic rings. The molecule has 0 spiro atoms. The molecule has 0 saturated carbocycles. The molecule has 0 N–H and O–H groups in total. The van der Waals surface area contributed by atoms with Gasteiger partial charge >= 0.3 is 0 Å². The van der Waals surface area contributed by atoms with Gasteiger partial charge in [0.05, 0.1) is 5.69 Å². The van der Waals surface area contributed by atoms with Gasteiger partial charge in [-0.05, 0) is 130 Å². The van der Waals surface area contributed by atoms with Gasteiger partial charge in [-0.3, -0.25) is 0 Å². The summed E-state index contributed by atoms with van der Waals surface area (Å²) in [4.78, 5) is 4.86. The van der Waals surface area contributed by atoms with Crippen molar-refractivity contribution in [2.24, 2.45) is 0 Å². The van der Waals surface area contributed by atoms with Crippen LogP contribution in [-0.2, 0) is 5.41 Å². The quantitative estimate of drug-likeness (QED) is 0.170. The van der Waals surface area contributed by atoms with Crippen LogP contribution >= 0.6 is 0 Å². The highest BCUT2D eigenvalue weighted by molar-refractivity contribution is 6.10. The van der Waals surface area contributed by atoms with Crippen molar-refractivity contribution in [2.75, 3.05) is 9.80 Å². The standard InChI is InChI=1S/C53H42N2/c1-35-19-21-37-23-25-43(31-39(37)29-35)54(41-13-7-5-8-14-41)45-27-28-48-49(33-45)53(3,4)50-34-51(46-17-11-12-18-47(46)52(48)50)55(42-15-9-6-10-16-42)44-26-24-38-22-20-36(2)30-40(38)32-44/h5-34H,1-4H3. The van der Waals surface area contributed by atoms with E-state index < -0.39 is 0 Å². The first kappa shape index (κ1) is 33.0. The molecule has 0 unspecified atom stereocenters. The molecule has 0 saturated heterocycles. The third-order valence-corrected chi connectivity index (χ3v) is 11.6. The van der Waals surface area contributed by atoms with Crippen molar-refractivity contribution < 1.29 is 0 Å². The summed E-state index contributed by atoms with van der Waals surface area (Å²) in [5.41, 5.74) is 14.5. The van der Waals surface area contributed by atoms with Crippen molar-refractivity contribution in [2.45, 2.75) is 33.1 Å². The van der Waals surface area contributed by atoms with E-state index in [9.17, 15) is 0 Å². The summed E-state index contributed by atoms with van der Waals surface area (Å²) >= 11 is 0. The van der Waals surface area contributed by atoms with Gasteiger partial charge in [-0.2, -0.15) is 0 Å². The third kappa shape index (κ3) is 5.48. The first-order valence-corrected chi connectivity index (χ1v) is 19.3. The molecule has 2 nitrogen and oxygen atoms in total. The van der Waals surface area contributed by atoms with Crippen molar-refractivity contribution in [3.63, 3.8) is 0 Å². The van der Waals surface area contributed by atoms with E-state index in [1.54, 1.807) is 0 Å². The summed E-state index contributed by atoms with van der Waals surface area (Å²) in [7, 11) is 0. The molecule has 0 heterocycles. The Bertz CT molecular complexity index is 2920. The summed E-state index contributed by atoms with van der Waals surface area (Å²) in [6.07, 6.45) is 0. The maximum Gasteiger partial charge on any atom is 0.0543 e. The molecule has 2 heteroatoms. The molecule has 0 fully saturated rings. The van der Waals surface area contributed by atoms with Crippen LogP contribution in [0.25, 0.3) is 43.4 Å². The maximum atomic E-state index is 2.48. The largest absolute Gasteiger partial charge is 0.310 e. The van der Waals surface area contributed by atoms with Crippen molar-refractivity contribution >= 4 is 66.4 Å². The Morgan fingerprint density at radius 2 is 0.855 bits per heavy atom. The van der Waals surface area contributed by atoms with E-state index in [1.807, 2.05) is 0 Å². The minimum atomic E-state index is -0.259. The summed E-state index contributed by atoms with van der Waals surface area (Å²) in [6, 6.07) is 67.3. The minimum Gasteiger partial charge on any atom is -0.310 e. The van der Waals surface area contributed by atoms with Gasteiger partial charge < -0.3 is 9.80 Å². The highest BCUT2D eigenvalue weighted by Gasteiger charge is 2.38. The zero-order chi connectivity index (χ0) is 37.3. The SMILES string of the molecule is Cc1ccc2ccc(N(c3ccccc3)c3ccc4c(c3)C(C)(C)c3cc(N(c5ccccc5)c5ccc6ccc(C)cc6c5)c5ccccc5c3-4)cc2c1. The van der Waals surface area contributed by atoms with Gasteiger partial charge in [0.15, 0.2) is 0 Å². The monoisotopic (exact) mass is 706 g/mol. The van der Waals surface area contributed by atoms with Crippen molar-refractivity contribution in [1.82, 2.24) is 0 Å². The van der Waals surface area contributed by atoms with E-state index in [0.717, 1.165) is 28.4 Å². The fraction of sp³-hybridized carbons (Fsp3) is 0.0943. The maximum absolute atomic E-state index is 2.48. The Morgan fingerprint density at radius 3 is 1.47 bits per heavy atom. The Morgan fingerprint density at radius 1 is 0.364 bits per heavy atom. The van der Waals surface area contributed by atoms with E-state index >= 15 is 0 Å². The number of anilines is 6. The number of hydrogen-bond acceptors (Lipinski definition) is 2. The molecular weight excluding hydrogens is 665 g/mol. The summed E-state index contributed by atoms with van der Waals surface area (Å²) in [5.74, 6) is 0. The Labute approximate surface area is 323 Å². The molecule has 0 atom stereocenters. The number of rotatable bonds is 6. The van der Waals surface area contributed by atoms with E-state index in [-0.39, 0.29) is 5.41 Å². The van der Waals surface area contributed by atoms with Gasteiger partial charge in [-0.1, -0.05) is 140 Å².